The molecular formula is C13H10ClN3OS. The maximum atomic E-state index is 11.9. The molecule has 6 heteroatoms. The van der Waals surface area contributed by atoms with Crippen molar-refractivity contribution in [3.05, 3.63) is 45.4 Å². The summed E-state index contributed by atoms with van der Waals surface area (Å²) in [6, 6.07) is 5.09. The highest BCUT2D eigenvalue weighted by Gasteiger charge is 2.10. The number of halogens is 1. The average Bonchev–Trinajstić information content (AvgIpc) is 2.93. The molecule has 0 aliphatic rings. The number of carbonyl (C=O) groups excluding carboxylic acids is 1. The first-order chi connectivity index (χ1) is 9.20. The highest BCUT2D eigenvalue weighted by molar-refractivity contribution is 7.11. The lowest BCUT2D eigenvalue weighted by molar-refractivity contribution is 0.103. The van der Waals surface area contributed by atoms with E-state index in [1.807, 2.05) is 0 Å². The Balaban J connectivity index is 2.27. The number of anilines is 1. The highest BCUT2D eigenvalue weighted by atomic mass is 35.5. The molecule has 2 aromatic rings. The van der Waals surface area contributed by atoms with E-state index in [1.165, 1.54) is 17.5 Å². The van der Waals surface area contributed by atoms with Crippen LogP contribution in [0.2, 0.25) is 5.02 Å². The number of hydrogen-bond donors (Lipinski definition) is 2. The monoisotopic (exact) mass is 291 g/mol. The lowest BCUT2D eigenvalue weighted by Crippen LogP contribution is -2.11. The van der Waals surface area contributed by atoms with Gasteiger partial charge in [-0.05, 0) is 18.2 Å². The highest BCUT2D eigenvalue weighted by Crippen LogP contribution is 2.21. The first-order valence-electron chi connectivity index (χ1n) is 5.39. The summed E-state index contributed by atoms with van der Waals surface area (Å²) in [7, 11) is 0. The summed E-state index contributed by atoms with van der Waals surface area (Å²) in [6.45, 7) is 0.245. The van der Waals surface area contributed by atoms with Gasteiger partial charge in [-0.1, -0.05) is 23.4 Å². The molecule has 1 amide bonds. The van der Waals surface area contributed by atoms with Crippen molar-refractivity contribution in [2.45, 2.75) is 0 Å². The van der Waals surface area contributed by atoms with Crippen LogP contribution in [0, 0.1) is 11.8 Å². The molecule has 1 aromatic carbocycles. The third kappa shape index (κ3) is 3.55. The summed E-state index contributed by atoms with van der Waals surface area (Å²) in [5.41, 5.74) is 8.18. The molecule has 96 valence electrons. The van der Waals surface area contributed by atoms with Gasteiger partial charge in [0.1, 0.15) is 4.88 Å². The molecule has 3 N–H and O–H groups in total. The zero-order valence-corrected chi connectivity index (χ0v) is 11.4. The van der Waals surface area contributed by atoms with E-state index < -0.39 is 0 Å². The van der Waals surface area contributed by atoms with Gasteiger partial charge in [-0.25, -0.2) is 0 Å². The largest absolute Gasteiger partial charge is 0.320 e. The molecule has 0 fully saturated rings. The summed E-state index contributed by atoms with van der Waals surface area (Å²) >= 11 is 7.18. The van der Waals surface area contributed by atoms with E-state index in [0.717, 1.165) is 0 Å². The molecule has 0 aliphatic carbocycles. The first kappa shape index (κ1) is 13.6. The van der Waals surface area contributed by atoms with E-state index in [9.17, 15) is 4.79 Å². The van der Waals surface area contributed by atoms with Crippen molar-refractivity contribution in [2.24, 2.45) is 5.73 Å². The van der Waals surface area contributed by atoms with E-state index in [-0.39, 0.29) is 12.5 Å². The van der Waals surface area contributed by atoms with Crippen molar-refractivity contribution in [1.29, 1.82) is 0 Å². The maximum Gasteiger partial charge on any atom is 0.267 e. The fourth-order valence-electron chi connectivity index (χ4n) is 1.39. The summed E-state index contributed by atoms with van der Waals surface area (Å²) < 4.78 is 0. The SMILES string of the molecule is NCC#Cc1cc(Cl)ccc1NC(=O)c1cncs1. The minimum absolute atomic E-state index is 0.222. The molecule has 0 atom stereocenters. The van der Waals surface area contributed by atoms with E-state index in [2.05, 4.69) is 22.1 Å². The van der Waals surface area contributed by atoms with Crippen LogP contribution < -0.4 is 11.1 Å². The van der Waals surface area contributed by atoms with Crippen LogP contribution in [-0.2, 0) is 0 Å². The van der Waals surface area contributed by atoms with Crippen molar-refractivity contribution in [3.63, 3.8) is 0 Å². The van der Waals surface area contributed by atoms with Gasteiger partial charge in [0.2, 0.25) is 0 Å². The second kappa shape index (κ2) is 6.34. The standard InChI is InChI=1S/C13H10ClN3OS/c14-10-3-4-11(9(6-10)2-1-5-15)17-13(18)12-7-16-8-19-12/h3-4,6-8H,5,15H2,(H,17,18). The molecule has 19 heavy (non-hydrogen) atoms. The van der Waals surface area contributed by atoms with Crippen LogP contribution in [0.4, 0.5) is 5.69 Å². The molecule has 0 radical (unpaired) electrons. The van der Waals surface area contributed by atoms with Crippen molar-refractivity contribution >= 4 is 34.5 Å². The summed E-state index contributed by atoms with van der Waals surface area (Å²) in [5, 5.41) is 3.33. The number of carbonyl (C=O) groups is 1. The van der Waals surface area contributed by atoms with Crippen LogP contribution in [0.5, 0.6) is 0 Å². The number of nitrogens with two attached hydrogens (primary N) is 1. The molecule has 0 unspecified atom stereocenters. The van der Waals surface area contributed by atoms with Crippen molar-refractivity contribution in [2.75, 3.05) is 11.9 Å². The Morgan fingerprint density at radius 1 is 1.53 bits per heavy atom. The number of rotatable bonds is 2. The van der Waals surface area contributed by atoms with Crippen LogP contribution >= 0.6 is 22.9 Å². The lowest BCUT2D eigenvalue weighted by atomic mass is 10.1. The van der Waals surface area contributed by atoms with Gasteiger partial charge < -0.3 is 11.1 Å². The Morgan fingerprint density at radius 2 is 2.37 bits per heavy atom. The maximum absolute atomic E-state index is 11.9. The number of hydrogen-bond acceptors (Lipinski definition) is 4. The zero-order chi connectivity index (χ0) is 13.7. The molecule has 4 nitrogen and oxygen atoms in total. The van der Waals surface area contributed by atoms with Gasteiger partial charge in [0.25, 0.3) is 5.91 Å². The predicted octanol–water partition coefficient (Wildman–Crippen LogP) is 2.36. The molecule has 0 aliphatic heterocycles. The normalized spacial score (nSPS) is 9.58. The second-order valence-electron chi connectivity index (χ2n) is 3.52. The van der Waals surface area contributed by atoms with Crippen molar-refractivity contribution < 1.29 is 4.79 Å². The molecule has 0 spiro atoms. The molecular weight excluding hydrogens is 282 g/mol. The van der Waals surface area contributed by atoms with Crippen LogP contribution in [0.25, 0.3) is 0 Å². The minimum atomic E-state index is -0.222. The molecule has 2 rings (SSSR count). The number of amides is 1. The molecule has 0 bridgehead atoms. The number of nitrogens with zero attached hydrogens (tertiary/aromatic N) is 1. The van der Waals surface area contributed by atoms with Crippen molar-refractivity contribution in [1.82, 2.24) is 4.98 Å². The smallest absolute Gasteiger partial charge is 0.267 e. The Kier molecular flexibility index (Phi) is 4.53. The van der Waals surface area contributed by atoms with Gasteiger partial charge in [0, 0.05) is 10.6 Å². The van der Waals surface area contributed by atoms with E-state index in [4.69, 9.17) is 17.3 Å². The Bertz CT molecular complexity index is 644. The molecule has 0 saturated heterocycles. The average molecular weight is 292 g/mol. The molecule has 0 saturated carbocycles. The summed E-state index contributed by atoms with van der Waals surface area (Å²) in [5.74, 6) is 5.39. The molecule has 1 heterocycles. The van der Waals surface area contributed by atoms with Gasteiger partial charge in [-0.15, -0.1) is 11.3 Å². The minimum Gasteiger partial charge on any atom is -0.320 e. The van der Waals surface area contributed by atoms with E-state index >= 15 is 0 Å². The number of aromatic nitrogens is 1. The molecule has 1 aromatic heterocycles. The third-order valence-electron chi connectivity index (χ3n) is 2.21. The summed E-state index contributed by atoms with van der Waals surface area (Å²) in [4.78, 5) is 16.3. The predicted molar refractivity (Wildman–Crippen MR) is 77.5 cm³/mol. The number of benzene rings is 1. The van der Waals surface area contributed by atoms with E-state index in [1.54, 1.807) is 23.7 Å². The topological polar surface area (TPSA) is 68.0 Å². The van der Waals surface area contributed by atoms with Crippen LogP contribution in [-0.4, -0.2) is 17.4 Å². The van der Waals surface area contributed by atoms with Gasteiger partial charge in [0.15, 0.2) is 0 Å². The zero-order valence-electron chi connectivity index (χ0n) is 9.81. The number of nitrogens with one attached hydrogen (secondary N) is 1. The van der Waals surface area contributed by atoms with Gasteiger partial charge >= 0.3 is 0 Å². The van der Waals surface area contributed by atoms with Crippen LogP contribution in [0.1, 0.15) is 15.2 Å². The van der Waals surface area contributed by atoms with Gasteiger partial charge in [-0.3, -0.25) is 9.78 Å². The Hall–Kier alpha value is -1.87. The third-order valence-corrected chi connectivity index (χ3v) is 3.22. The fourth-order valence-corrected chi connectivity index (χ4v) is 2.07. The second-order valence-corrected chi connectivity index (χ2v) is 4.84. The van der Waals surface area contributed by atoms with Gasteiger partial charge in [-0.2, -0.15) is 0 Å². The fraction of sp³-hybridized carbons (Fsp3) is 0.0769. The van der Waals surface area contributed by atoms with E-state index in [0.29, 0.717) is 21.2 Å². The summed E-state index contributed by atoms with van der Waals surface area (Å²) in [6.07, 6.45) is 1.52. The quantitative estimate of drug-likeness (QED) is 0.835. The van der Waals surface area contributed by atoms with Crippen LogP contribution in [0.15, 0.2) is 29.9 Å². The van der Waals surface area contributed by atoms with Crippen molar-refractivity contribution in [3.8, 4) is 11.8 Å². The first-order valence-corrected chi connectivity index (χ1v) is 6.65. The van der Waals surface area contributed by atoms with Crippen LogP contribution in [0.3, 0.4) is 0 Å². The van der Waals surface area contributed by atoms with Gasteiger partial charge in [0.05, 0.1) is 23.9 Å². The Morgan fingerprint density at radius 3 is 3.05 bits per heavy atom. The Labute approximate surface area is 119 Å². The lowest BCUT2D eigenvalue weighted by Gasteiger charge is -2.06. The number of thiazole rings is 1.